The molecule has 0 aliphatic rings. The maximum atomic E-state index is 10.2. The van der Waals surface area contributed by atoms with Gasteiger partial charge in [0.05, 0.1) is 0 Å². The summed E-state index contributed by atoms with van der Waals surface area (Å²) in [6.45, 7) is 1.98. The molecule has 82 valence electrons. The summed E-state index contributed by atoms with van der Waals surface area (Å²) < 4.78 is 0. The summed E-state index contributed by atoms with van der Waals surface area (Å²) in [5, 5.41) is 10.8. The van der Waals surface area contributed by atoms with Crippen molar-refractivity contribution in [2.24, 2.45) is 0 Å². The topological polar surface area (TPSA) is 20.2 Å². The van der Waals surface area contributed by atoms with Crippen LogP contribution in [0.25, 0.3) is 0 Å². The van der Waals surface area contributed by atoms with Crippen molar-refractivity contribution >= 4 is 11.6 Å². The molecule has 0 spiro atoms. The zero-order chi connectivity index (χ0) is 11.5. The number of aryl methyl sites for hydroxylation is 1. The van der Waals surface area contributed by atoms with Gasteiger partial charge >= 0.3 is 0 Å². The van der Waals surface area contributed by atoms with Crippen LogP contribution in [0.1, 0.15) is 22.8 Å². The van der Waals surface area contributed by atoms with Crippen LogP contribution >= 0.6 is 11.6 Å². The van der Waals surface area contributed by atoms with Crippen molar-refractivity contribution in [1.29, 1.82) is 0 Å². The number of hydrogen-bond acceptors (Lipinski definition) is 1. The van der Waals surface area contributed by atoms with Crippen LogP contribution in [-0.4, -0.2) is 5.11 Å². The minimum Gasteiger partial charge on any atom is -0.384 e. The lowest BCUT2D eigenvalue weighted by atomic mass is 10.0. The lowest BCUT2D eigenvalue weighted by Crippen LogP contribution is -2.00. The molecular weight excluding hydrogens is 220 g/mol. The monoisotopic (exact) mass is 232 g/mol. The Hall–Kier alpha value is -1.31. The second kappa shape index (κ2) is 4.69. The molecule has 0 saturated carbocycles. The van der Waals surface area contributed by atoms with Gasteiger partial charge in [-0.1, -0.05) is 54.1 Å². The SMILES string of the molecule is Cc1ccc(C(O)c2ccccc2)c(Cl)c1. The molecule has 0 saturated heterocycles. The highest BCUT2D eigenvalue weighted by atomic mass is 35.5. The fourth-order valence-electron chi connectivity index (χ4n) is 1.67. The standard InChI is InChI=1S/C14H13ClO/c1-10-7-8-12(13(15)9-10)14(16)11-5-3-2-4-6-11/h2-9,14,16H,1H3. The number of hydrogen-bond donors (Lipinski definition) is 1. The molecule has 2 aromatic carbocycles. The van der Waals surface area contributed by atoms with Gasteiger partial charge in [-0.2, -0.15) is 0 Å². The van der Waals surface area contributed by atoms with Gasteiger partial charge in [0.15, 0.2) is 0 Å². The van der Waals surface area contributed by atoms with E-state index in [2.05, 4.69) is 0 Å². The van der Waals surface area contributed by atoms with Crippen molar-refractivity contribution in [2.45, 2.75) is 13.0 Å². The van der Waals surface area contributed by atoms with Crippen molar-refractivity contribution in [2.75, 3.05) is 0 Å². The van der Waals surface area contributed by atoms with Crippen LogP contribution in [0.3, 0.4) is 0 Å². The summed E-state index contributed by atoms with van der Waals surface area (Å²) >= 11 is 6.11. The Labute approximate surface area is 100 Å². The van der Waals surface area contributed by atoms with Crippen LogP contribution in [0.5, 0.6) is 0 Å². The van der Waals surface area contributed by atoms with Gasteiger partial charge in [0.1, 0.15) is 6.10 Å². The lowest BCUT2D eigenvalue weighted by molar-refractivity contribution is 0.220. The smallest absolute Gasteiger partial charge is 0.105 e. The number of rotatable bonds is 2. The van der Waals surface area contributed by atoms with E-state index >= 15 is 0 Å². The number of benzene rings is 2. The van der Waals surface area contributed by atoms with Crippen LogP contribution in [0, 0.1) is 6.92 Å². The number of halogens is 1. The molecule has 0 heterocycles. The molecule has 1 atom stereocenters. The maximum Gasteiger partial charge on any atom is 0.105 e. The second-order valence-electron chi connectivity index (χ2n) is 3.84. The number of aliphatic hydroxyl groups is 1. The fraction of sp³-hybridized carbons (Fsp3) is 0.143. The van der Waals surface area contributed by atoms with E-state index in [1.165, 1.54) is 0 Å². The first-order valence-electron chi connectivity index (χ1n) is 5.17. The van der Waals surface area contributed by atoms with E-state index < -0.39 is 6.10 Å². The highest BCUT2D eigenvalue weighted by Gasteiger charge is 2.13. The largest absolute Gasteiger partial charge is 0.384 e. The van der Waals surface area contributed by atoms with E-state index in [1.54, 1.807) is 0 Å². The number of aliphatic hydroxyl groups excluding tert-OH is 1. The molecule has 0 aliphatic carbocycles. The predicted molar refractivity (Wildman–Crippen MR) is 66.7 cm³/mol. The Morgan fingerprint density at radius 1 is 1.06 bits per heavy atom. The van der Waals surface area contributed by atoms with E-state index in [4.69, 9.17) is 11.6 Å². The van der Waals surface area contributed by atoms with Gasteiger partial charge in [0, 0.05) is 10.6 Å². The third kappa shape index (κ3) is 2.26. The highest BCUT2D eigenvalue weighted by Crippen LogP contribution is 2.28. The maximum absolute atomic E-state index is 10.2. The van der Waals surface area contributed by atoms with E-state index in [0.717, 1.165) is 16.7 Å². The molecule has 1 N–H and O–H groups in total. The average Bonchev–Trinajstić information content (AvgIpc) is 2.29. The molecular formula is C14H13ClO. The van der Waals surface area contributed by atoms with E-state index in [9.17, 15) is 5.11 Å². The summed E-state index contributed by atoms with van der Waals surface area (Å²) in [6, 6.07) is 15.2. The predicted octanol–water partition coefficient (Wildman–Crippen LogP) is 3.73. The molecule has 0 bridgehead atoms. The second-order valence-corrected chi connectivity index (χ2v) is 4.25. The molecule has 1 unspecified atom stereocenters. The van der Waals surface area contributed by atoms with E-state index in [1.807, 2.05) is 55.5 Å². The molecule has 0 amide bonds. The van der Waals surface area contributed by atoms with Crippen LogP contribution < -0.4 is 0 Å². The Kier molecular flexibility index (Phi) is 3.28. The van der Waals surface area contributed by atoms with Gasteiger partial charge in [-0.15, -0.1) is 0 Å². The van der Waals surface area contributed by atoms with Crippen molar-refractivity contribution in [1.82, 2.24) is 0 Å². The molecule has 16 heavy (non-hydrogen) atoms. The summed E-state index contributed by atoms with van der Waals surface area (Å²) in [5.74, 6) is 0. The Morgan fingerprint density at radius 2 is 1.75 bits per heavy atom. The van der Waals surface area contributed by atoms with Gasteiger partial charge < -0.3 is 5.11 Å². The van der Waals surface area contributed by atoms with Crippen LogP contribution in [0.15, 0.2) is 48.5 Å². The third-order valence-corrected chi connectivity index (χ3v) is 2.89. The molecule has 0 fully saturated rings. The molecule has 0 aliphatic heterocycles. The van der Waals surface area contributed by atoms with Crippen LogP contribution in [0.2, 0.25) is 5.02 Å². The van der Waals surface area contributed by atoms with Gasteiger partial charge in [-0.3, -0.25) is 0 Å². The quantitative estimate of drug-likeness (QED) is 0.837. The molecule has 2 aromatic rings. The van der Waals surface area contributed by atoms with E-state index in [-0.39, 0.29) is 0 Å². The van der Waals surface area contributed by atoms with Crippen molar-refractivity contribution in [3.05, 3.63) is 70.2 Å². The minimum atomic E-state index is -0.658. The first kappa shape index (κ1) is 11.2. The summed E-state index contributed by atoms with van der Waals surface area (Å²) in [5.41, 5.74) is 2.70. The van der Waals surface area contributed by atoms with E-state index in [0.29, 0.717) is 5.02 Å². The normalized spacial score (nSPS) is 12.4. The van der Waals surface area contributed by atoms with Gasteiger partial charge in [-0.05, 0) is 24.1 Å². The van der Waals surface area contributed by atoms with Crippen molar-refractivity contribution < 1.29 is 5.11 Å². The molecule has 2 rings (SSSR count). The average molecular weight is 233 g/mol. The van der Waals surface area contributed by atoms with Crippen LogP contribution in [0.4, 0.5) is 0 Å². The Balaban J connectivity index is 2.38. The first-order chi connectivity index (χ1) is 7.68. The molecule has 2 heteroatoms. The Morgan fingerprint density at radius 3 is 2.38 bits per heavy atom. The summed E-state index contributed by atoms with van der Waals surface area (Å²) in [6.07, 6.45) is -0.658. The van der Waals surface area contributed by atoms with Crippen molar-refractivity contribution in [3.8, 4) is 0 Å². The van der Waals surface area contributed by atoms with Gasteiger partial charge in [0.2, 0.25) is 0 Å². The summed E-state index contributed by atoms with van der Waals surface area (Å²) in [4.78, 5) is 0. The lowest BCUT2D eigenvalue weighted by Gasteiger charge is -2.13. The molecule has 0 radical (unpaired) electrons. The first-order valence-corrected chi connectivity index (χ1v) is 5.55. The Bertz CT molecular complexity index is 479. The summed E-state index contributed by atoms with van der Waals surface area (Å²) in [7, 11) is 0. The van der Waals surface area contributed by atoms with Crippen LogP contribution in [-0.2, 0) is 0 Å². The van der Waals surface area contributed by atoms with Gasteiger partial charge in [0.25, 0.3) is 0 Å². The zero-order valence-electron chi connectivity index (χ0n) is 9.02. The third-order valence-electron chi connectivity index (χ3n) is 2.57. The fourth-order valence-corrected chi connectivity index (χ4v) is 2.01. The van der Waals surface area contributed by atoms with Crippen molar-refractivity contribution in [3.63, 3.8) is 0 Å². The molecule has 1 nitrogen and oxygen atoms in total. The highest BCUT2D eigenvalue weighted by molar-refractivity contribution is 6.31. The zero-order valence-corrected chi connectivity index (χ0v) is 9.78. The molecule has 0 aromatic heterocycles. The minimum absolute atomic E-state index is 0.608. The van der Waals surface area contributed by atoms with Gasteiger partial charge in [-0.25, -0.2) is 0 Å².